The standard InChI is InChI=1S/C26H27OP/c1-22(26(2,27)23-15-6-3-7-16-23)14-12-13-21-28(24-17-8-4-9-18-24)25-19-10-5-11-20-25/h3-12,14-20,27H,1,13,21H2,2H3/b14-12+. The van der Waals surface area contributed by atoms with E-state index in [0.29, 0.717) is 5.57 Å². The van der Waals surface area contributed by atoms with Crippen molar-refractivity contribution in [3.8, 4) is 0 Å². The van der Waals surface area contributed by atoms with E-state index in [9.17, 15) is 5.11 Å². The van der Waals surface area contributed by atoms with Crippen LogP contribution in [0.2, 0.25) is 0 Å². The van der Waals surface area contributed by atoms with Gasteiger partial charge in [-0.3, -0.25) is 0 Å². The van der Waals surface area contributed by atoms with Crippen molar-refractivity contribution in [2.45, 2.75) is 18.9 Å². The van der Waals surface area contributed by atoms with E-state index in [1.807, 2.05) is 36.4 Å². The second-order valence-corrected chi connectivity index (χ2v) is 9.31. The third-order valence-corrected chi connectivity index (χ3v) is 7.48. The maximum atomic E-state index is 10.9. The first-order valence-corrected chi connectivity index (χ1v) is 11.1. The van der Waals surface area contributed by atoms with Gasteiger partial charge in [-0.1, -0.05) is 110 Å². The first-order valence-electron chi connectivity index (χ1n) is 9.60. The molecule has 1 unspecified atom stereocenters. The first kappa shape index (κ1) is 20.3. The predicted molar refractivity (Wildman–Crippen MR) is 123 cm³/mol. The monoisotopic (exact) mass is 386 g/mol. The summed E-state index contributed by atoms with van der Waals surface area (Å²) in [6.07, 6.45) is 6.12. The highest BCUT2D eigenvalue weighted by Crippen LogP contribution is 2.34. The molecule has 0 radical (unpaired) electrons. The number of hydrogen-bond donors (Lipinski definition) is 1. The van der Waals surface area contributed by atoms with Crippen molar-refractivity contribution in [2.24, 2.45) is 0 Å². The van der Waals surface area contributed by atoms with Gasteiger partial charge in [0.25, 0.3) is 0 Å². The van der Waals surface area contributed by atoms with Crippen LogP contribution in [-0.2, 0) is 5.60 Å². The zero-order valence-corrected chi connectivity index (χ0v) is 17.2. The minimum atomic E-state index is -1.05. The second-order valence-electron chi connectivity index (χ2n) is 6.98. The maximum Gasteiger partial charge on any atom is 0.111 e. The quantitative estimate of drug-likeness (QED) is 0.399. The van der Waals surface area contributed by atoms with Gasteiger partial charge in [0, 0.05) is 0 Å². The Balaban J connectivity index is 1.68. The molecule has 1 atom stereocenters. The minimum absolute atomic E-state index is 0.397. The zero-order chi connectivity index (χ0) is 19.8. The van der Waals surface area contributed by atoms with Gasteiger partial charge >= 0.3 is 0 Å². The van der Waals surface area contributed by atoms with Crippen molar-refractivity contribution < 1.29 is 5.11 Å². The van der Waals surface area contributed by atoms with E-state index >= 15 is 0 Å². The van der Waals surface area contributed by atoms with Gasteiger partial charge < -0.3 is 5.11 Å². The molecular weight excluding hydrogens is 359 g/mol. The molecule has 0 aromatic heterocycles. The summed E-state index contributed by atoms with van der Waals surface area (Å²) in [4.78, 5) is 0. The number of allylic oxidation sites excluding steroid dienone is 1. The Morgan fingerprint density at radius 2 is 1.32 bits per heavy atom. The highest BCUT2D eigenvalue weighted by molar-refractivity contribution is 7.73. The third kappa shape index (κ3) is 5.07. The third-order valence-electron chi connectivity index (χ3n) is 4.94. The molecule has 0 heterocycles. The van der Waals surface area contributed by atoms with Crippen LogP contribution >= 0.6 is 7.92 Å². The average Bonchev–Trinajstić information content (AvgIpc) is 2.75. The Kier molecular flexibility index (Phi) is 6.98. The topological polar surface area (TPSA) is 20.2 Å². The molecule has 0 bridgehead atoms. The fourth-order valence-electron chi connectivity index (χ4n) is 3.16. The summed E-state index contributed by atoms with van der Waals surface area (Å²) in [5, 5.41) is 13.7. The lowest BCUT2D eigenvalue weighted by Gasteiger charge is -2.24. The highest BCUT2D eigenvalue weighted by Gasteiger charge is 2.24. The van der Waals surface area contributed by atoms with Crippen molar-refractivity contribution >= 4 is 18.5 Å². The molecule has 28 heavy (non-hydrogen) atoms. The number of benzene rings is 3. The van der Waals surface area contributed by atoms with Crippen LogP contribution in [0.4, 0.5) is 0 Å². The molecule has 0 spiro atoms. The lowest BCUT2D eigenvalue weighted by atomic mass is 9.88. The van der Waals surface area contributed by atoms with Crippen LogP contribution in [0, 0.1) is 0 Å². The van der Waals surface area contributed by atoms with E-state index in [4.69, 9.17) is 0 Å². The van der Waals surface area contributed by atoms with Crippen LogP contribution in [0.5, 0.6) is 0 Å². The number of hydrogen-bond acceptors (Lipinski definition) is 1. The van der Waals surface area contributed by atoms with Gasteiger partial charge in [-0.05, 0) is 49.2 Å². The largest absolute Gasteiger partial charge is 0.381 e. The molecule has 0 saturated carbocycles. The Hall–Kier alpha value is -2.47. The fraction of sp³-hybridized carbons (Fsp3) is 0.154. The summed E-state index contributed by atoms with van der Waals surface area (Å²) < 4.78 is 0. The summed E-state index contributed by atoms with van der Waals surface area (Å²) in [5.41, 5.74) is 0.518. The molecule has 0 fully saturated rings. The van der Waals surface area contributed by atoms with Gasteiger partial charge in [0.2, 0.25) is 0 Å². The van der Waals surface area contributed by atoms with Crippen LogP contribution < -0.4 is 10.6 Å². The van der Waals surface area contributed by atoms with E-state index in [0.717, 1.165) is 18.1 Å². The molecule has 0 aliphatic heterocycles. The van der Waals surface area contributed by atoms with Crippen LogP contribution in [0.1, 0.15) is 18.9 Å². The second kappa shape index (κ2) is 9.64. The van der Waals surface area contributed by atoms with E-state index in [1.165, 1.54) is 10.6 Å². The zero-order valence-electron chi connectivity index (χ0n) is 16.3. The molecule has 3 rings (SSSR count). The summed E-state index contributed by atoms with van der Waals surface area (Å²) in [6, 6.07) is 31.2. The highest BCUT2D eigenvalue weighted by atomic mass is 31.1. The van der Waals surface area contributed by atoms with E-state index in [1.54, 1.807) is 6.92 Å². The summed E-state index contributed by atoms with van der Waals surface area (Å²) in [5.74, 6) is 0. The Morgan fingerprint density at radius 3 is 1.82 bits per heavy atom. The van der Waals surface area contributed by atoms with E-state index < -0.39 is 13.5 Å². The summed E-state index contributed by atoms with van der Waals surface area (Å²) in [6.45, 7) is 5.91. The summed E-state index contributed by atoms with van der Waals surface area (Å²) in [7, 11) is -0.397. The molecular formula is C26H27OP. The Labute approximate surface area is 169 Å². The average molecular weight is 386 g/mol. The van der Waals surface area contributed by atoms with Gasteiger partial charge in [-0.2, -0.15) is 0 Å². The molecule has 1 N–H and O–H groups in total. The minimum Gasteiger partial charge on any atom is -0.381 e. The normalized spacial score (nSPS) is 13.5. The van der Waals surface area contributed by atoms with Crippen LogP contribution in [0.25, 0.3) is 0 Å². The van der Waals surface area contributed by atoms with Crippen molar-refractivity contribution in [3.05, 3.63) is 121 Å². The van der Waals surface area contributed by atoms with Gasteiger partial charge in [-0.25, -0.2) is 0 Å². The summed E-state index contributed by atoms with van der Waals surface area (Å²) >= 11 is 0. The van der Waals surface area contributed by atoms with Gasteiger partial charge in [0.1, 0.15) is 5.60 Å². The predicted octanol–water partition coefficient (Wildman–Crippen LogP) is 5.53. The van der Waals surface area contributed by atoms with Gasteiger partial charge in [0.15, 0.2) is 0 Å². The number of aliphatic hydroxyl groups is 1. The Morgan fingerprint density at radius 1 is 0.857 bits per heavy atom. The molecule has 2 heteroatoms. The van der Waals surface area contributed by atoms with Crippen LogP contribution in [0.15, 0.2) is 115 Å². The lowest BCUT2D eigenvalue weighted by molar-refractivity contribution is 0.102. The van der Waals surface area contributed by atoms with E-state index in [2.05, 4.69) is 73.3 Å². The van der Waals surface area contributed by atoms with Crippen LogP contribution in [0.3, 0.4) is 0 Å². The van der Waals surface area contributed by atoms with Crippen molar-refractivity contribution in [3.63, 3.8) is 0 Å². The molecule has 0 saturated heterocycles. The Bertz CT molecular complexity index is 859. The van der Waals surface area contributed by atoms with Crippen molar-refractivity contribution in [1.82, 2.24) is 0 Å². The number of rotatable bonds is 8. The van der Waals surface area contributed by atoms with E-state index in [-0.39, 0.29) is 0 Å². The molecule has 1 nitrogen and oxygen atoms in total. The molecule has 0 amide bonds. The molecule has 3 aromatic carbocycles. The molecule has 0 aliphatic rings. The lowest BCUT2D eigenvalue weighted by Crippen LogP contribution is -2.22. The van der Waals surface area contributed by atoms with Gasteiger partial charge in [-0.15, -0.1) is 0 Å². The van der Waals surface area contributed by atoms with Crippen molar-refractivity contribution in [2.75, 3.05) is 6.16 Å². The molecule has 3 aromatic rings. The van der Waals surface area contributed by atoms with Gasteiger partial charge in [0.05, 0.1) is 0 Å². The maximum absolute atomic E-state index is 10.9. The first-order chi connectivity index (χ1) is 13.6. The smallest absolute Gasteiger partial charge is 0.111 e. The van der Waals surface area contributed by atoms with Crippen molar-refractivity contribution in [1.29, 1.82) is 0 Å². The fourth-order valence-corrected chi connectivity index (χ4v) is 5.45. The molecule has 0 aliphatic carbocycles. The van der Waals surface area contributed by atoms with Crippen LogP contribution in [-0.4, -0.2) is 11.3 Å². The molecule has 142 valence electrons. The SMILES string of the molecule is C=C(/C=C/CCP(c1ccccc1)c1ccccc1)C(C)(O)c1ccccc1.